The lowest BCUT2D eigenvalue weighted by Crippen LogP contribution is -2.33. The molecule has 2 rings (SSSR count). The first-order valence-electron chi connectivity index (χ1n) is 7.95. The Bertz CT molecular complexity index is 783. The minimum absolute atomic E-state index is 0.434. The quantitative estimate of drug-likeness (QED) is 0.499. The third-order valence-corrected chi connectivity index (χ3v) is 3.44. The lowest BCUT2D eigenvalue weighted by Gasteiger charge is -2.10. The third kappa shape index (κ3) is 5.17. The molecular weight excluding hydrogens is 318 g/mol. The van der Waals surface area contributed by atoms with E-state index in [4.69, 9.17) is 4.74 Å². The number of hydrogen-bond acceptors (Lipinski definition) is 4. The summed E-state index contributed by atoms with van der Waals surface area (Å²) >= 11 is 0. The van der Waals surface area contributed by atoms with Gasteiger partial charge in [0.25, 0.3) is 0 Å². The number of benzene rings is 2. The van der Waals surface area contributed by atoms with Crippen LogP contribution in [0.3, 0.4) is 0 Å². The van der Waals surface area contributed by atoms with E-state index in [1.165, 1.54) is 0 Å². The fourth-order valence-corrected chi connectivity index (χ4v) is 2.08. The van der Waals surface area contributed by atoms with Crippen molar-refractivity contribution >= 4 is 23.2 Å². The first-order chi connectivity index (χ1) is 12.0. The first kappa shape index (κ1) is 18.2. The molecule has 0 fully saturated rings. The van der Waals surface area contributed by atoms with Gasteiger partial charge in [-0.1, -0.05) is 42.0 Å². The summed E-state index contributed by atoms with van der Waals surface area (Å²) in [7, 11) is 0. The fourth-order valence-electron chi connectivity index (χ4n) is 2.08. The van der Waals surface area contributed by atoms with Gasteiger partial charge in [0, 0.05) is 0 Å². The van der Waals surface area contributed by atoms with Gasteiger partial charge in [-0.25, -0.2) is 5.43 Å². The molecule has 0 atom stereocenters. The standard InChI is InChI=1S/C19H21N3O3/c1-4-25-17-8-6-5-7-16(17)20-18(23)19(24)22-21-14(3)15-11-9-13(2)10-12-15/h5-12H,4H2,1-3H3,(H,20,23)(H,22,24). The molecule has 2 N–H and O–H groups in total. The summed E-state index contributed by atoms with van der Waals surface area (Å²) in [6.07, 6.45) is 0. The van der Waals surface area contributed by atoms with Crippen molar-refractivity contribution in [3.05, 3.63) is 59.7 Å². The van der Waals surface area contributed by atoms with E-state index in [-0.39, 0.29) is 0 Å². The minimum Gasteiger partial charge on any atom is -0.492 e. The molecule has 2 aromatic rings. The number of para-hydroxylation sites is 2. The Morgan fingerprint density at radius 3 is 2.40 bits per heavy atom. The van der Waals surface area contributed by atoms with E-state index in [9.17, 15) is 9.59 Å². The number of aryl methyl sites for hydroxylation is 1. The summed E-state index contributed by atoms with van der Waals surface area (Å²) < 4.78 is 5.41. The maximum atomic E-state index is 12.0. The number of nitrogens with one attached hydrogen (secondary N) is 2. The summed E-state index contributed by atoms with van der Waals surface area (Å²) in [5.74, 6) is -1.16. The maximum Gasteiger partial charge on any atom is 0.329 e. The van der Waals surface area contributed by atoms with Gasteiger partial charge >= 0.3 is 11.8 Å². The largest absolute Gasteiger partial charge is 0.492 e. The summed E-state index contributed by atoms with van der Waals surface area (Å²) in [6, 6.07) is 14.6. The van der Waals surface area contributed by atoms with Gasteiger partial charge < -0.3 is 10.1 Å². The van der Waals surface area contributed by atoms with Crippen molar-refractivity contribution in [1.82, 2.24) is 5.43 Å². The third-order valence-electron chi connectivity index (χ3n) is 3.44. The zero-order chi connectivity index (χ0) is 18.2. The number of rotatable bonds is 5. The second-order valence-electron chi connectivity index (χ2n) is 5.39. The molecule has 0 aliphatic heterocycles. The van der Waals surface area contributed by atoms with E-state index in [0.717, 1.165) is 11.1 Å². The van der Waals surface area contributed by atoms with Crippen molar-refractivity contribution in [3.63, 3.8) is 0 Å². The van der Waals surface area contributed by atoms with E-state index >= 15 is 0 Å². The second kappa shape index (κ2) is 8.63. The average Bonchev–Trinajstić information content (AvgIpc) is 2.61. The number of anilines is 1. The number of carbonyl (C=O) groups is 2. The van der Waals surface area contributed by atoms with Crippen molar-refractivity contribution in [1.29, 1.82) is 0 Å². The van der Waals surface area contributed by atoms with Crippen molar-refractivity contribution in [2.75, 3.05) is 11.9 Å². The fraction of sp³-hybridized carbons (Fsp3) is 0.211. The van der Waals surface area contributed by atoms with Crippen molar-refractivity contribution in [2.45, 2.75) is 20.8 Å². The molecule has 6 nitrogen and oxygen atoms in total. The maximum absolute atomic E-state index is 12.0. The highest BCUT2D eigenvalue weighted by Gasteiger charge is 2.15. The molecule has 0 saturated heterocycles. The predicted octanol–water partition coefficient (Wildman–Crippen LogP) is 2.87. The summed E-state index contributed by atoms with van der Waals surface area (Å²) in [6.45, 7) is 6.04. The van der Waals surface area contributed by atoms with Crippen LogP contribution in [0.2, 0.25) is 0 Å². The zero-order valence-corrected chi connectivity index (χ0v) is 14.5. The van der Waals surface area contributed by atoms with Crippen LogP contribution in [0.15, 0.2) is 53.6 Å². The summed E-state index contributed by atoms with van der Waals surface area (Å²) in [5.41, 5.74) is 5.31. The number of ether oxygens (including phenoxy) is 1. The Morgan fingerprint density at radius 2 is 1.72 bits per heavy atom. The highest BCUT2D eigenvalue weighted by Crippen LogP contribution is 2.23. The lowest BCUT2D eigenvalue weighted by atomic mass is 10.1. The molecule has 2 aromatic carbocycles. The number of nitrogens with zero attached hydrogens (tertiary/aromatic N) is 1. The van der Waals surface area contributed by atoms with Gasteiger partial charge in [-0.2, -0.15) is 5.10 Å². The van der Waals surface area contributed by atoms with Gasteiger partial charge in [-0.3, -0.25) is 9.59 Å². The topological polar surface area (TPSA) is 79.8 Å². The van der Waals surface area contributed by atoms with Crippen LogP contribution in [-0.2, 0) is 9.59 Å². The van der Waals surface area contributed by atoms with Crippen molar-refractivity contribution in [3.8, 4) is 5.75 Å². The van der Waals surface area contributed by atoms with Gasteiger partial charge in [-0.05, 0) is 38.5 Å². The summed E-state index contributed by atoms with van der Waals surface area (Å²) in [4.78, 5) is 24.0. The van der Waals surface area contributed by atoms with Gasteiger partial charge in [0.1, 0.15) is 5.75 Å². The molecular formula is C19H21N3O3. The Hall–Kier alpha value is -3.15. The van der Waals surface area contributed by atoms with Gasteiger partial charge in [0.2, 0.25) is 0 Å². The number of carbonyl (C=O) groups excluding carboxylic acids is 2. The van der Waals surface area contributed by atoms with Gasteiger partial charge in [0.15, 0.2) is 0 Å². The normalized spacial score (nSPS) is 10.9. The van der Waals surface area contributed by atoms with E-state index in [2.05, 4.69) is 15.8 Å². The van der Waals surface area contributed by atoms with Crippen molar-refractivity contribution in [2.24, 2.45) is 5.10 Å². The van der Waals surface area contributed by atoms with Crippen LogP contribution >= 0.6 is 0 Å². The average molecular weight is 339 g/mol. The van der Waals surface area contributed by atoms with Crippen LogP contribution in [0.25, 0.3) is 0 Å². The highest BCUT2D eigenvalue weighted by molar-refractivity contribution is 6.39. The molecule has 0 unspecified atom stereocenters. The van der Waals surface area contributed by atoms with Crippen LogP contribution in [0.5, 0.6) is 5.75 Å². The Kier molecular flexibility index (Phi) is 6.28. The minimum atomic E-state index is -0.849. The number of amides is 2. The molecule has 0 bridgehead atoms. The van der Waals surface area contributed by atoms with Crippen LogP contribution in [-0.4, -0.2) is 24.1 Å². The van der Waals surface area contributed by atoms with Gasteiger partial charge in [-0.15, -0.1) is 0 Å². The molecule has 0 aromatic heterocycles. The SMILES string of the molecule is CCOc1ccccc1NC(=O)C(=O)NN=C(C)c1ccc(C)cc1. The first-order valence-corrected chi connectivity index (χ1v) is 7.95. The van der Waals surface area contributed by atoms with Crippen LogP contribution in [0, 0.1) is 6.92 Å². The molecule has 130 valence electrons. The molecule has 0 spiro atoms. The molecule has 6 heteroatoms. The van der Waals surface area contributed by atoms with E-state index in [1.54, 1.807) is 31.2 Å². The molecule has 25 heavy (non-hydrogen) atoms. The van der Waals surface area contributed by atoms with E-state index in [1.807, 2.05) is 38.1 Å². The molecule has 2 amide bonds. The second-order valence-corrected chi connectivity index (χ2v) is 5.39. The summed E-state index contributed by atoms with van der Waals surface area (Å²) in [5, 5.41) is 6.49. The van der Waals surface area contributed by atoms with E-state index in [0.29, 0.717) is 23.8 Å². The Labute approximate surface area is 146 Å². The van der Waals surface area contributed by atoms with Crippen LogP contribution in [0.4, 0.5) is 5.69 Å². The van der Waals surface area contributed by atoms with Gasteiger partial charge in [0.05, 0.1) is 18.0 Å². The highest BCUT2D eigenvalue weighted by atomic mass is 16.5. The molecule has 0 heterocycles. The van der Waals surface area contributed by atoms with Crippen molar-refractivity contribution < 1.29 is 14.3 Å². The molecule has 0 saturated carbocycles. The molecule has 0 aliphatic rings. The Morgan fingerprint density at radius 1 is 1.04 bits per heavy atom. The molecule has 0 radical (unpaired) electrons. The van der Waals surface area contributed by atoms with Crippen LogP contribution < -0.4 is 15.5 Å². The predicted molar refractivity (Wildman–Crippen MR) is 97.8 cm³/mol. The van der Waals surface area contributed by atoms with E-state index < -0.39 is 11.8 Å². The smallest absolute Gasteiger partial charge is 0.329 e. The van der Waals surface area contributed by atoms with Crippen LogP contribution in [0.1, 0.15) is 25.0 Å². The zero-order valence-electron chi connectivity index (χ0n) is 14.5. The number of hydrogen-bond donors (Lipinski definition) is 2. The molecule has 0 aliphatic carbocycles. The Balaban J connectivity index is 2.00. The monoisotopic (exact) mass is 339 g/mol. The number of hydrazone groups is 1. The lowest BCUT2D eigenvalue weighted by molar-refractivity contribution is -0.136.